The second kappa shape index (κ2) is 5.84. The topological polar surface area (TPSA) is 77.7 Å². The quantitative estimate of drug-likeness (QED) is 0.707. The summed E-state index contributed by atoms with van der Waals surface area (Å²) >= 11 is 0. The van der Waals surface area contributed by atoms with Crippen LogP contribution in [0, 0.1) is 0 Å². The van der Waals surface area contributed by atoms with E-state index in [1.807, 2.05) is 0 Å². The molecule has 1 unspecified atom stereocenters. The van der Waals surface area contributed by atoms with Gasteiger partial charge in [-0.05, 0) is 37.6 Å². The zero-order valence-corrected chi connectivity index (χ0v) is 14.7. The van der Waals surface area contributed by atoms with Gasteiger partial charge >= 0.3 is 0 Å². The molecule has 0 fully saturated rings. The van der Waals surface area contributed by atoms with Crippen LogP contribution in [-0.2, 0) is 10.0 Å². The maximum absolute atomic E-state index is 13.8. The summed E-state index contributed by atoms with van der Waals surface area (Å²) in [5.41, 5.74) is 1.41. The SMILES string of the molecule is CC1(S(=O)(=O)n2cc(-c3cnccn3)c3cccnc32)C=C(F)C=CC1. The Bertz CT molecular complexity index is 1150. The summed E-state index contributed by atoms with van der Waals surface area (Å²) < 4.78 is 40.2. The van der Waals surface area contributed by atoms with Crippen molar-refractivity contribution in [1.82, 2.24) is 18.9 Å². The molecule has 0 spiro atoms. The van der Waals surface area contributed by atoms with E-state index in [1.54, 1.807) is 24.5 Å². The first kappa shape index (κ1) is 16.6. The Labute approximate surface area is 149 Å². The summed E-state index contributed by atoms with van der Waals surface area (Å²) in [6, 6.07) is 3.50. The van der Waals surface area contributed by atoms with E-state index < -0.39 is 20.6 Å². The molecule has 3 aromatic rings. The van der Waals surface area contributed by atoms with Crippen molar-refractivity contribution in [2.75, 3.05) is 0 Å². The van der Waals surface area contributed by atoms with Crippen LogP contribution in [0.25, 0.3) is 22.3 Å². The zero-order chi connectivity index (χ0) is 18.4. The van der Waals surface area contributed by atoms with Gasteiger partial charge in [-0.25, -0.2) is 21.8 Å². The second-order valence-electron chi connectivity index (χ2n) is 6.26. The van der Waals surface area contributed by atoms with Gasteiger partial charge in [0.25, 0.3) is 0 Å². The van der Waals surface area contributed by atoms with Crippen molar-refractivity contribution in [3.8, 4) is 11.3 Å². The average molecular weight is 370 g/mol. The summed E-state index contributed by atoms with van der Waals surface area (Å²) in [7, 11) is -3.97. The number of pyridine rings is 1. The predicted molar refractivity (Wildman–Crippen MR) is 96.4 cm³/mol. The van der Waals surface area contributed by atoms with Crippen LogP contribution in [0.1, 0.15) is 13.3 Å². The summed E-state index contributed by atoms with van der Waals surface area (Å²) in [4.78, 5) is 12.5. The van der Waals surface area contributed by atoms with E-state index in [1.165, 1.54) is 37.7 Å². The molecule has 3 heterocycles. The number of hydrogen-bond acceptors (Lipinski definition) is 5. The zero-order valence-electron chi connectivity index (χ0n) is 13.9. The third-order valence-electron chi connectivity index (χ3n) is 4.46. The lowest BCUT2D eigenvalue weighted by atomic mass is 10.0. The third-order valence-corrected chi connectivity index (χ3v) is 6.72. The fourth-order valence-corrected chi connectivity index (χ4v) is 4.70. The third kappa shape index (κ3) is 2.45. The lowest BCUT2D eigenvalue weighted by Crippen LogP contribution is -2.38. The van der Waals surface area contributed by atoms with Crippen LogP contribution in [0.15, 0.2) is 67.2 Å². The number of nitrogens with zero attached hydrogens (tertiary/aromatic N) is 4. The Morgan fingerprint density at radius 1 is 1.23 bits per heavy atom. The highest BCUT2D eigenvalue weighted by Crippen LogP contribution is 2.36. The first-order chi connectivity index (χ1) is 12.4. The lowest BCUT2D eigenvalue weighted by Gasteiger charge is -2.27. The fraction of sp³-hybridized carbons (Fsp3) is 0.167. The van der Waals surface area contributed by atoms with E-state index in [0.717, 1.165) is 10.0 Å². The Morgan fingerprint density at radius 3 is 2.81 bits per heavy atom. The van der Waals surface area contributed by atoms with Crippen LogP contribution >= 0.6 is 0 Å². The summed E-state index contributed by atoms with van der Waals surface area (Å²) in [6.45, 7) is 1.50. The predicted octanol–water partition coefficient (Wildman–Crippen LogP) is 3.24. The van der Waals surface area contributed by atoms with Gasteiger partial charge in [-0.2, -0.15) is 0 Å². The van der Waals surface area contributed by atoms with Crippen LogP contribution in [-0.4, -0.2) is 32.1 Å². The summed E-state index contributed by atoms with van der Waals surface area (Å²) in [5, 5.41) is 0.635. The Hall–Kier alpha value is -2.87. The molecule has 0 saturated heterocycles. The maximum atomic E-state index is 13.8. The number of rotatable bonds is 3. The maximum Gasteiger partial charge on any atom is 0.249 e. The molecule has 132 valence electrons. The van der Waals surface area contributed by atoms with Crippen LogP contribution in [0.4, 0.5) is 4.39 Å². The van der Waals surface area contributed by atoms with E-state index in [9.17, 15) is 12.8 Å². The van der Waals surface area contributed by atoms with Gasteiger partial charge in [-0.1, -0.05) is 6.08 Å². The average Bonchev–Trinajstić information content (AvgIpc) is 3.02. The molecule has 0 aliphatic heterocycles. The van der Waals surface area contributed by atoms with Crippen LogP contribution in [0.3, 0.4) is 0 Å². The molecular weight excluding hydrogens is 355 g/mol. The van der Waals surface area contributed by atoms with Crippen LogP contribution < -0.4 is 0 Å². The second-order valence-corrected chi connectivity index (χ2v) is 8.53. The Morgan fingerprint density at radius 2 is 2.08 bits per heavy atom. The fourth-order valence-electron chi connectivity index (χ4n) is 3.06. The molecule has 1 aliphatic carbocycles. The van der Waals surface area contributed by atoms with Crippen molar-refractivity contribution in [2.45, 2.75) is 18.1 Å². The number of fused-ring (bicyclic) bond motifs is 1. The first-order valence-electron chi connectivity index (χ1n) is 7.95. The first-order valence-corrected chi connectivity index (χ1v) is 9.39. The largest absolute Gasteiger partial charge is 0.261 e. The van der Waals surface area contributed by atoms with Gasteiger partial charge < -0.3 is 0 Å². The van der Waals surface area contributed by atoms with Crippen molar-refractivity contribution in [2.24, 2.45) is 0 Å². The lowest BCUT2D eigenvalue weighted by molar-refractivity contribution is 0.545. The van der Waals surface area contributed by atoms with E-state index in [2.05, 4.69) is 15.0 Å². The van der Waals surface area contributed by atoms with Crippen molar-refractivity contribution < 1.29 is 12.8 Å². The van der Waals surface area contributed by atoms with E-state index >= 15 is 0 Å². The molecule has 0 bridgehead atoms. The summed E-state index contributed by atoms with van der Waals surface area (Å²) in [6.07, 6.45) is 11.7. The summed E-state index contributed by atoms with van der Waals surface area (Å²) in [5.74, 6) is -0.569. The number of allylic oxidation sites excluding steroid dienone is 3. The van der Waals surface area contributed by atoms with Crippen molar-refractivity contribution >= 4 is 21.1 Å². The van der Waals surface area contributed by atoms with E-state index in [-0.39, 0.29) is 12.1 Å². The molecule has 3 aromatic heterocycles. The molecule has 0 radical (unpaired) electrons. The Kier molecular flexibility index (Phi) is 3.73. The van der Waals surface area contributed by atoms with E-state index in [4.69, 9.17) is 0 Å². The van der Waals surface area contributed by atoms with Gasteiger partial charge in [0.05, 0.1) is 11.9 Å². The highest BCUT2D eigenvalue weighted by molar-refractivity contribution is 7.91. The van der Waals surface area contributed by atoms with Gasteiger partial charge in [-0.3, -0.25) is 9.97 Å². The van der Waals surface area contributed by atoms with Gasteiger partial charge in [0.1, 0.15) is 10.6 Å². The van der Waals surface area contributed by atoms with Gasteiger partial charge in [0.2, 0.25) is 10.0 Å². The van der Waals surface area contributed by atoms with Gasteiger partial charge in [0.15, 0.2) is 5.65 Å². The minimum absolute atomic E-state index is 0.176. The molecule has 0 saturated carbocycles. The standard InChI is InChI=1S/C18H15FN4O2S/c1-18(6-2-4-13(19)10-18)26(24,25)23-12-15(16-11-20-8-9-21-16)14-5-3-7-22-17(14)23/h2-5,7-12H,6H2,1H3. The molecular formula is C18H15FN4O2S. The van der Waals surface area contributed by atoms with Crippen LogP contribution in [0.5, 0.6) is 0 Å². The number of aromatic nitrogens is 4. The number of halogens is 1. The van der Waals surface area contributed by atoms with Crippen LogP contribution in [0.2, 0.25) is 0 Å². The van der Waals surface area contributed by atoms with Crippen molar-refractivity contribution in [3.63, 3.8) is 0 Å². The molecule has 0 amide bonds. The molecule has 0 N–H and O–H groups in total. The van der Waals surface area contributed by atoms with Crippen molar-refractivity contribution in [1.29, 1.82) is 0 Å². The smallest absolute Gasteiger partial charge is 0.249 e. The monoisotopic (exact) mass is 370 g/mol. The molecule has 6 nitrogen and oxygen atoms in total. The Balaban J connectivity index is 1.97. The highest BCUT2D eigenvalue weighted by atomic mass is 32.2. The molecule has 0 aromatic carbocycles. The number of hydrogen-bond donors (Lipinski definition) is 0. The molecule has 4 rings (SSSR count). The minimum atomic E-state index is -3.97. The highest BCUT2D eigenvalue weighted by Gasteiger charge is 2.40. The van der Waals surface area contributed by atoms with Crippen molar-refractivity contribution in [3.05, 3.63) is 67.2 Å². The molecule has 26 heavy (non-hydrogen) atoms. The minimum Gasteiger partial charge on any atom is -0.261 e. The molecule has 1 atom stereocenters. The molecule has 8 heteroatoms. The van der Waals surface area contributed by atoms with Gasteiger partial charge in [-0.15, -0.1) is 0 Å². The van der Waals surface area contributed by atoms with Gasteiger partial charge in [0, 0.05) is 35.7 Å². The normalized spacial score (nSPS) is 20.3. The molecule has 1 aliphatic rings. The van der Waals surface area contributed by atoms with E-state index in [0.29, 0.717) is 16.6 Å².